The van der Waals surface area contributed by atoms with Gasteiger partial charge in [-0.1, -0.05) is 34.6 Å². The van der Waals surface area contributed by atoms with Crippen molar-refractivity contribution in [3.05, 3.63) is 6.92 Å². The molecule has 2 rings (SSSR count). The van der Waals surface area contributed by atoms with E-state index in [2.05, 4.69) is 31.0 Å². The molecule has 1 heterocycles. The van der Waals surface area contributed by atoms with Crippen LogP contribution in [0.1, 0.15) is 73.1 Å². The number of ketones is 1. The van der Waals surface area contributed by atoms with Gasteiger partial charge in [0.15, 0.2) is 0 Å². The van der Waals surface area contributed by atoms with Gasteiger partial charge in [-0.3, -0.25) is 4.79 Å². The van der Waals surface area contributed by atoms with Crippen molar-refractivity contribution >= 4 is 11.7 Å². The SMILES string of the molecule is CC(C)C1CCC(N2CCC(C(=O)NCCO)CC2)CC1.[CH2-]C(=O)C(C)(C)C.[Y]. The van der Waals surface area contributed by atoms with Crippen molar-refractivity contribution in [3.63, 3.8) is 0 Å². The number of hydrogen-bond acceptors (Lipinski definition) is 4. The Bertz CT molecular complexity index is 475. The van der Waals surface area contributed by atoms with E-state index in [1.807, 2.05) is 20.8 Å². The normalized spacial score (nSPS) is 23.6. The number of carbonyl (C=O) groups excluding carboxylic acids is 2. The van der Waals surface area contributed by atoms with Gasteiger partial charge in [0, 0.05) is 57.0 Å². The first-order chi connectivity index (χ1) is 13.1. The topological polar surface area (TPSA) is 69.6 Å². The molecule has 6 heteroatoms. The molecule has 1 aliphatic heterocycles. The van der Waals surface area contributed by atoms with Gasteiger partial charge in [0.2, 0.25) is 5.91 Å². The molecule has 0 spiro atoms. The fourth-order valence-electron chi connectivity index (χ4n) is 3.98. The largest absolute Gasteiger partial charge is 0.395 e. The molecular formula is C23H43N2O3Y-. The van der Waals surface area contributed by atoms with Gasteiger partial charge < -0.3 is 27.0 Å². The van der Waals surface area contributed by atoms with Gasteiger partial charge in [-0.2, -0.15) is 0 Å². The summed E-state index contributed by atoms with van der Waals surface area (Å²) in [6, 6.07) is 0.751. The summed E-state index contributed by atoms with van der Waals surface area (Å²) in [6.07, 6.45) is 7.37. The molecule has 0 unspecified atom stereocenters. The van der Waals surface area contributed by atoms with Gasteiger partial charge in [0.05, 0.1) is 6.61 Å². The molecule has 1 radical (unpaired) electrons. The molecule has 1 amide bonds. The molecule has 0 bridgehead atoms. The number of rotatable bonds is 5. The molecule has 2 aliphatic rings. The fourth-order valence-corrected chi connectivity index (χ4v) is 3.98. The summed E-state index contributed by atoms with van der Waals surface area (Å²) < 4.78 is 0. The maximum absolute atomic E-state index is 11.9. The molecule has 1 aliphatic carbocycles. The van der Waals surface area contributed by atoms with E-state index in [0.29, 0.717) is 6.54 Å². The Balaban J connectivity index is 0.000000846. The molecule has 2 fully saturated rings. The quantitative estimate of drug-likeness (QED) is 0.587. The van der Waals surface area contributed by atoms with Gasteiger partial charge in [0.25, 0.3) is 0 Å². The number of nitrogens with one attached hydrogen (secondary N) is 1. The van der Waals surface area contributed by atoms with Crippen molar-refractivity contribution in [1.29, 1.82) is 0 Å². The molecule has 5 nitrogen and oxygen atoms in total. The number of piperidine rings is 1. The van der Waals surface area contributed by atoms with E-state index in [0.717, 1.165) is 43.8 Å². The zero-order valence-electron chi connectivity index (χ0n) is 19.4. The van der Waals surface area contributed by atoms with Crippen LogP contribution >= 0.6 is 0 Å². The Kier molecular flexibility index (Phi) is 14.2. The van der Waals surface area contributed by atoms with Crippen LogP contribution in [0.15, 0.2) is 0 Å². The Hall–Kier alpha value is 0.0339. The zero-order valence-corrected chi connectivity index (χ0v) is 22.2. The second-order valence-electron chi connectivity index (χ2n) is 9.81. The van der Waals surface area contributed by atoms with Crippen LogP contribution < -0.4 is 5.32 Å². The Morgan fingerprint density at radius 1 is 1.07 bits per heavy atom. The van der Waals surface area contributed by atoms with E-state index in [9.17, 15) is 9.59 Å². The van der Waals surface area contributed by atoms with Crippen molar-refractivity contribution in [1.82, 2.24) is 10.2 Å². The van der Waals surface area contributed by atoms with E-state index in [-0.39, 0.29) is 62.3 Å². The van der Waals surface area contributed by atoms with Crippen molar-refractivity contribution in [2.45, 2.75) is 79.2 Å². The fraction of sp³-hybridized carbons (Fsp3) is 0.870. The average molecular weight is 485 g/mol. The first kappa shape index (κ1) is 29.0. The first-order valence-corrected chi connectivity index (χ1v) is 11.0. The van der Waals surface area contributed by atoms with Gasteiger partial charge in [-0.05, 0) is 68.9 Å². The summed E-state index contributed by atoms with van der Waals surface area (Å²) in [7, 11) is 0. The van der Waals surface area contributed by atoms with Crippen LogP contribution in [0, 0.1) is 30.1 Å². The summed E-state index contributed by atoms with van der Waals surface area (Å²) in [5, 5.41) is 11.6. The summed E-state index contributed by atoms with van der Waals surface area (Å²) in [5.41, 5.74) is -0.250. The maximum Gasteiger partial charge on any atom is 0.223 e. The molecule has 29 heavy (non-hydrogen) atoms. The van der Waals surface area contributed by atoms with E-state index in [1.165, 1.54) is 25.7 Å². The van der Waals surface area contributed by atoms with Crippen molar-refractivity contribution in [2.24, 2.45) is 23.2 Å². The molecule has 2 N–H and O–H groups in total. The van der Waals surface area contributed by atoms with Gasteiger partial charge in [-0.15, -0.1) is 0 Å². The number of aliphatic hydroxyl groups excluding tert-OH is 1. The molecule has 0 aromatic rings. The van der Waals surface area contributed by atoms with Crippen LogP contribution in [0.3, 0.4) is 0 Å². The number of Topliss-reactive ketones (excluding diaryl/α,β-unsaturated/α-hetero) is 1. The van der Waals surface area contributed by atoms with Crippen LogP contribution in [0.5, 0.6) is 0 Å². The van der Waals surface area contributed by atoms with Crippen LogP contribution in [0.4, 0.5) is 0 Å². The molecule has 0 aromatic carbocycles. The van der Waals surface area contributed by atoms with Gasteiger partial charge in [-0.25, -0.2) is 0 Å². The number of amides is 1. The third-order valence-corrected chi connectivity index (χ3v) is 6.35. The molecule has 167 valence electrons. The Morgan fingerprint density at radius 3 is 1.93 bits per heavy atom. The molecular weight excluding hydrogens is 441 g/mol. The second-order valence-corrected chi connectivity index (χ2v) is 9.81. The van der Waals surface area contributed by atoms with E-state index >= 15 is 0 Å². The maximum atomic E-state index is 11.9. The third-order valence-electron chi connectivity index (χ3n) is 6.35. The van der Waals surface area contributed by atoms with Crippen molar-refractivity contribution in [3.8, 4) is 0 Å². The minimum Gasteiger partial charge on any atom is -0.395 e. The van der Waals surface area contributed by atoms with Crippen molar-refractivity contribution < 1.29 is 47.4 Å². The summed E-state index contributed by atoms with van der Waals surface area (Å²) in [6.45, 7) is 16.1. The summed E-state index contributed by atoms with van der Waals surface area (Å²) in [5.74, 6) is 2.02. The van der Waals surface area contributed by atoms with Crippen LogP contribution in [0.2, 0.25) is 0 Å². The van der Waals surface area contributed by atoms with Crippen molar-refractivity contribution in [2.75, 3.05) is 26.2 Å². The molecule has 0 atom stereocenters. The number of hydrogen-bond donors (Lipinski definition) is 2. The van der Waals surface area contributed by atoms with E-state index in [4.69, 9.17) is 5.11 Å². The molecule has 1 saturated heterocycles. The van der Waals surface area contributed by atoms with Crippen LogP contribution in [-0.2, 0) is 42.3 Å². The number of nitrogens with zero attached hydrogens (tertiary/aromatic N) is 1. The standard InChI is InChI=1S/C17H32N2O2.C6H11O.Y/c1-13(2)14-3-5-16(6-4-14)19-10-7-15(8-11-19)17(21)18-9-12-20;1-5(7)6(2,3)4;/h13-16,20H,3-12H2,1-2H3,(H,18,21);1H2,2-4H3;/q;-1;. The minimum absolute atomic E-state index is 0. The van der Waals surface area contributed by atoms with E-state index < -0.39 is 0 Å². The van der Waals surface area contributed by atoms with Gasteiger partial charge >= 0.3 is 0 Å². The summed E-state index contributed by atoms with van der Waals surface area (Å²) >= 11 is 0. The number of aliphatic hydroxyl groups is 1. The predicted molar refractivity (Wildman–Crippen MR) is 115 cm³/mol. The van der Waals surface area contributed by atoms with Gasteiger partial charge in [0.1, 0.15) is 0 Å². The zero-order chi connectivity index (χ0) is 21.3. The third kappa shape index (κ3) is 10.8. The second kappa shape index (κ2) is 14.2. The number of likely N-dealkylation sites (tertiary alicyclic amines) is 1. The Morgan fingerprint density at radius 2 is 1.55 bits per heavy atom. The van der Waals surface area contributed by atoms with Crippen LogP contribution in [-0.4, -0.2) is 54.0 Å². The monoisotopic (exact) mass is 484 g/mol. The molecule has 1 saturated carbocycles. The first-order valence-electron chi connectivity index (χ1n) is 11.0. The molecule has 0 aromatic heterocycles. The average Bonchev–Trinajstić information content (AvgIpc) is 2.66. The summed E-state index contributed by atoms with van der Waals surface area (Å²) in [4.78, 5) is 24.9. The predicted octanol–water partition coefficient (Wildman–Crippen LogP) is 3.45. The minimum atomic E-state index is -0.250. The number of carbonyl (C=O) groups is 2. The van der Waals surface area contributed by atoms with Crippen LogP contribution in [0.25, 0.3) is 0 Å². The van der Waals surface area contributed by atoms with E-state index in [1.54, 1.807) is 0 Å². The smallest absolute Gasteiger partial charge is 0.223 e. The Labute approximate surface area is 204 Å².